The second kappa shape index (κ2) is 5.36. The van der Waals surface area contributed by atoms with E-state index in [2.05, 4.69) is 4.74 Å². The van der Waals surface area contributed by atoms with Crippen LogP contribution in [0.3, 0.4) is 0 Å². The zero-order valence-electron chi connectivity index (χ0n) is 8.77. The molecule has 0 bridgehead atoms. The smallest absolute Gasteiger partial charge is 0.308 e. The molecule has 0 aliphatic heterocycles. The number of esters is 1. The molecule has 1 N–H and O–H groups in total. The van der Waals surface area contributed by atoms with E-state index in [1.165, 1.54) is 7.11 Å². The monoisotopic (exact) mass is 210 g/mol. The molecule has 0 unspecified atom stereocenters. The van der Waals surface area contributed by atoms with E-state index in [9.17, 15) is 9.90 Å². The summed E-state index contributed by atoms with van der Waals surface area (Å²) in [6.45, 7) is 0. The molecule has 82 valence electrons. The second-order valence-corrected chi connectivity index (χ2v) is 3.07. The molecule has 0 saturated heterocycles. The third-order valence-electron chi connectivity index (χ3n) is 2.07. The van der Waals surface area contributed by atoms with Crippen molar-refractivity contribution in [3.05, 3.63) is 29.8 Å². The van der Waals surface area contributed by atoms with E-state index in [0.29, 0.717) is 11.3 Å². The topological polar surface area (TPSA) is 55.8 Å². The Morgan fingerprint density at radius 3 is 2.80 bits per heavy atom. The maximum Gasteiger partial charge on any atom is 0.308 e. The van der Waals surface area contributed by atoms with E-state index < -0.39 is 12.1 Å². The van der Waals surface area contributed by atoms with Crippen molar-refractivity contribution in [3.63, 3.8) is 0 Å². The van der Waals surface area contributed by atoms with E-state index in [4.69, 9.17) is 4.74 Å². The van der Waals surface area contributed by atoms with Gasteiger partial charge in [0.15, 0.2) is 0 Å². The standard InChI is InChI=1S/C11H14O4/c1-14-9-5-3-4-8(6-9)10(12)7-11(13)15-2/h3-6,10,12H,7H2,1-2H3/t10-/m1/s1. The lowest BCUT2D eigenvalue weighted by molar-refractivity contribution is -0.142. The van der Waals surface area contributed by atoms with Gasteiger partial charge in [0.25, 0.3) is 0 Å². The van der Waals surface area contributed by atoms with Gasteiger partial charge in [-0.1, -0.05) is 12.1 Å². The first-order valence-electron chi connectivity index (χ1n) is 4.56. The average Bonchev–Trinajstić information content (AvgIpc) is 2.28. The van der Waals surface area contributed by atoms with Crippen molar-refractivity contribution in [2.45, 2.75) is 12.5 Å². The molecule has 0 amide bonds. The normalized spacial score (nSPS) is 11.9. The van der Waals surface area contributed by atoms with Crippen LogP contribution in [0.2, 0.25) is 0 Å². The molecule has 1 aromatic carbocycles. The van der Waals surface area contributed by atoms with Gasteiger partial charge in [-0.2, -0.15) is 0 Å². The van der Waals surface area contributed by atoms with Crippen molar-refractivity contribution in [1.29, 1.82) is 0 Å². The molecular formula is C11H14O4. The Balaban J connectivity index is 2.72. The number of rotatable bonds is 4. The second-order valence-electron chi connectivity index (χ2n) is 3.07. The van der Waals surface area contributed by atoms with Gasteiger partial charge in [-0.05, 0) is 17.7 Å². The molecule has 0 saturated carbocycles. The van der Waals surface area contributed by atoms with Gasteiger partial charge in [0, 0.05) is 0 Å². The van der Waals surface area contributed by atoms with Crippen molar-refractivity contribution in [2.75, 3.05) is 14.2 Å². The molecule has 0 spiro atoms. The molecule has 4 heteroatoms. The van der Waals surface area contributed by atoms with Crippen LogP contribution in [0.4, 0.5) is 0 Å². The van der Waals surface area contributed by atoms with E-state index >= 15 is 0 Å². The van der Waals surface area contributed by atoms with E-state index in [1.54, 1.807) is 31.4 Å². The predicted octanol–water partition coefficient (Wildman–Crippen LogP) is 1.29. The number of methoxy groups -OCH3 is 2. The van der Waals surface area contributed by atoms with Crippen LogP contribution < -0.4 is 4.74 Å². The molecule has 0 radical (unpaired) electrons. The maximum absolute atomic E-state index is 10.9. The number of aliphatic hydroxyl groups is 1. The van der Waals surface area contributed by atoms with Gasteiger partial charge >= 0.3 is 5.97 Å². The van der Waals surface area contributed by atoms with Crippen molar-refractivity contribution < 1.29 is 19.4 Å². The van der Waals surface area contributed by atoms with Crippen LogP contribution in [-0.4, -0.2) is 25.3 Å². The van der Waals surface area contributed by atoms with Crippen LogP contribution in [0.5, 0.6) is 5.75 Å². The highest BCUT2D eigenvalue weighted by Gasteiger charge is 2.13. The quantitative estimate of drug-likeness (QED) is 0.761. The van der Waals surface area contributed by atoms with E-state index in [1.807, 2.05) is 0 Å². The first-order chi connectivity index (χ1) is 7.17. The number of ether oxygens (including phenoxy) is 2. The third-order valence-corrected chi connectivity index (χ3v) is 2.07. The number of carbonyl (C=O) groups excluding carboxylic acids is 1. The molecule has 0 aliphatic rings. The minimum atomic E-state index is -0.854. The Hall–Kier alpha value is -1.55. The number of aliphatic hydroxyl groups excluding tert-OH is 1. The molecule has 4 nitrogen and oxygen atoms in total. The summed E-state index contributed by atoms with van der Waals surface area (Å²) >= 11 is 0. The summed E-state index contributed by atoms with van der Waals surface area (Å²) in [5.74, 6) is 0.210. The molecule has 15 heavy (non-hydrogen) atoms. The molecule has 1 aromatic rings. The molecule has 0 aliphatic carbocycles. The Labute approximate surface area is 88.4 Å². The third kappa shape index (κ3) is 3.25. The molecule has 0 aromatic heterocycles. The Morgan fingerprint density at radius 1 is 1.47 bits per heavy atom. The molecule has 1 rings (SSSR count). The summed E-state index contributed by atoms with van der Waals surface area (Å²) < 4.78 is 9.48. The van der Waals surface area contributed by atoms with Gasteiger partial charge in [-0.3, -0.25) is 4.79 Å². The summed E-state index contributed by atoms with van der Waals surface area (Å²) in [6.07, 6.45) is -0.906. The lowest BCUT2D eigenvalue weighted by Crippen LogP contribution is -2.08. The molecule has 1 atom stereocenters. The highest BCUT2D eigenvalue weighted by Crippen LogP contribution is 2.21. The largest absolute Gasteiger partial charge is 0.497 e. The fourth-order valence-corrected chi connectivity index (χ4v) is 1.21. The first kappa shape index (κ1) is 11.5. The minimum Gasteiger partial charge on any atom is -0.497 e. The van der Waals surface area contributed by atoms with E-state index in [0.717, 1.165) is 0 Å². The zero-order valence-corrected chi connectivity index (χ0v) is 8.77. The highest BCUT2D eigenvalue weighted by molar-refractivity contribution is 5.70. The summed E-state index contributed by atoms with van der Waals surface area (Å²) in [4.78, 5) is 10.9. The number of carbonyl (C=O) groups is 1. The molecule has 0 fully saturated rings. The Morgan fingerprint density at radius 2 is 2.20 bits per heavy atom. The first-order valence-corrected chi connectivity index (χ1v) is 4.56. The van der Waals surface area contributed by atoms with Crippen LogP contribution in [0.15, 0.2) is 24.3 Å². The lowest BCUT2D eigenvalue weighted by atomic mass is 10.1. The highest BCUT2D eigenvalue weighted by atomic mass is 16.5. The fourth-order valence-electron chi connectivity index (χ4n) is 1.21. The summed E-state index contributed by atoms with van der Waals surface area (Å²) in [5, 5.41) is 9.69. The van der Waals surface area contributed by atoms with Crippen LogP contribution in [0, 0.1) is 0 Å². The van der Waals surface area contributed by atoms with E-state index in [-0.39, 0.29) is 6.42 Å². The van der Waals surface area contributed by atoms with Gasteiger partial charge < -0.3 is 14.6 Å². The zero-order chi connectivity index (χ0) is 11.3. The summed E-state index contributed by atoms with van der Waals surface area (Å²) in [7, 11) is 2.84. The lowest BCUT2D eigenvalue weighted by Gasteiger charge is -2.10. The fraction of sp³-hybridized carbons (Fsp3) is 0.364. The predicted molar refractivity (Wildman–Crippen MR) is 54.6 cm³/mol. The van der Waals surface area contributed by atoms with Crippen molar-refractivity contribution in [3.8, 4) is 5.75 Å². The summed E-state index contributed by atoms with van der Waals surface area (Å²) in [6, 6.07) is 6.95. The molecular weight excluding hydrogens is 196 g/mol. The molecule has 0 heterocycles. The maximum atomic E-state index is 10.9. The van der Waals surface area contributed by atoms with Crippen LogP contribution in [0.25, 0.3) is 0 Å². The van der Waals surface area contributed by atoms with Gasteiger partial charge in [-0.15, -0.1) is 0 Å². The Bertz CT molecular complexity index is 335. The van der Waals surface area contributed by atoms with Crippen LogP contribution >= 0.6 is 0 Å². The van der Waals surface area contributed by atoms with Gasteiger partial charge in [0.1, 0.15) is 5.75 Å². The van der Waals surface area contributed by atoms with Gasteiger partial charge in [0.05, 0.1) is 26.7 Å². The number of hydrogen-bond donors (Lipinski definition) is 1. The Kier molecular flexibility index (Phi) is 4.12. The van der Waals surface area contributed by atoms with Gasteiger partial charge in [0.2, 0.25) is 0 Å². The average molecular weight is 210 g/mol. The summed E-state index contributed by atoms with van der Waals surface area (Å²) in [5.41, 5.74) is 0.639. The number of hydrogen-bond acceptors (Lipinski definition) is 4. The van der Waals surface area contributed by atoms with Crippen molar-refractivity contribution in [1.82, 2.24) is 0 Å². The number of benzene rings is 1. The van der Waals surface area contributed by atoms with Gasteiger partial charge in [-0.25, -0.2) is 0 Å². The van der Waals surface area contributed by atoms with Crippen molar-refractivity contribution in [2.24, 2.45) is 0 Å². The van der Waals surface area contributed by atoms with Crippen molar-refractivity contribution >= 4 is 5.97 Å². The minimum absolute atomic E-state index is 0.0519. The SMILES string of the molecule is COC(=O)C[C@@H](O)c1cccc(OC)c1. The van der Waals surface area contributed by atoms with Crippen LogP contribution in [-0.2, 0) is 9.53 Å². The van der Waals surface area contributed by atoms with Crippen LogP contribution in [0.1, 0.15) is 18.1 Å².